The lowest BCUT2D eigenvalue weighted by Gasteiger charge is -2.16. The van der Waals surface area contributed by atoms with E-state index in [0.717, 1.165) is 18.3 Å². The van der Waals surface area contributed by atoms with Gasteiger partial charge in [-0.05, 0) is 24.3 Å². The van der Waals surface area contributed by atoms with Crippen LogP contribution in [0, 0.1) is 23.4 Å². The summed E-state index contributed by atoms with van der Waals surface area (Å²) in [5.41, 5.74) is 0.163. The minimum Gasteiger partial charge on any atom is -0.490 e. The number of amides is 2. The first-order valence-electron chi connectivity index (χ1n) is 7.34. The maximum atomic E-state index is 14.0. The molecule has 0 saturated heterocycles. The van der Waals surface area contributed by atoms with E-state index in [-0.39, 0.29) is 41.6 Å². The molecule has 1 aliphatic carbocycles. The van der Waals surface area contributed by atoms with E-state index in [9.17, 15) is 18.0 Å². The number of anilines is 1. The topological polar surface area (TPSA) is 63.2 Å². The van der Waals surface area contributed by atoms with Crippen LogP contribution in [0.5, 0.6) is 5.75 Å². The molecule has 0 radical (unpaired) electrons. The van der Waals surface area contributed by atoms with Crippen LogP contribution in [0.2, 0.25) is 0 Å². The van der Waals surface area contributed by atoms with Crippen LogP contribution in [0.15, 0.2) is 30.5 Å². The van der Waals surface area contributed by atoms with E-state index in [1.165, 1.54) is 12.1 Å². The Hall–Kier alpha value is -2.77. The van der Waals surface area contributed by atoms with Gasteiger partial charge in [-0.3, -0.25) is 5.32 Å². The Kier molecular flexibility index (Phi) is 3.33. The highest BCUT2D eigenvalue weighted by Crippen LogP contribution is 2.55. The number of urea groups is 1. The van der Waals surface area contributed by atoms with Gasteiger partial charge in [-0.25, -0.2) is 22.9 Å². The van der Waals surface area contributed by atoms with Crippen molar-refractivity contribution < 1.29 is 22.7 Å². The highest BCUT2D eigenvalue weighted by molar-refractivity contribution is 5.88. The number of carbonyl (C=O) groups is 1. The summed E-state index contributed by atoms with van der Waals surface area (Å²) < 4.78 is 45.8. The van der Waals surface area contributed by atoms with Crippen LogP contribution in [-0.4, -0.2) is 23.7 Å². The van der Waals surface area contributed by atoms with Crippen LogP contribution in [-0.2, 0) is 0 Å². The Bertz CT molecular complexity index is 813. The molecule has 4 rings (SSSR count). The maximum Gasteiger partial charge on any atom is 0.320 e. The third-order valence-electron chi connectivity index (χ3n) is 4.28. The van der Waals surface area contributed by atoms with Gasteiger partial charge in [0.2, 0.25) is 0 Å². The highest BCUT2D eigenvalue weighted by Gasteiger charge is 2.57. The number of aromatic nitrogens is 1. The predicted molar refractivity (Wildman–Crippen MR) is 78.2 cm³/mol. The van der Waals surface area contributed by atoms with Crippen molar-refractivity contribution in [3.05, 3.63) is 53.5 Å². The Labute approximate surface area is 134 Å². The molecular formula is C16H12F3N3O2. The monoisotopic (exact) mass is 335 g/mol. The Morgan fingerprint density at radius 1 is 1.17 bits per heavy atom. The number of halogens is 3. The third-order valence-corrected chi connectivity index (χ3v) is 4.28. The van der Waals surface area contributed by atoms with Gasteiger partial charge in [-0.15, -0.1) is 0 Å². The number of ether oxygens (including phenoxy) is 1. The third kappa shape index (κ3) is 2.44. The standard InChI is InChI=1S/C16H12F3N3O2/c17-7-1-4-11(20-5-7)21-16(23)22-14-8-6-24-15-10(19)3-2-9(18)13(15)12(8)14/h1-5,8,12,14H,6H2,(H2,20,21,22,23)/t8-,12-,14?/m0/s1. The fourth-order valence-corrected chi connectivity index (χ4v) is 3.11. The predicted octanol–water partition coefficient (Wildman–Crippen LogP) is 2.80. The number of nitrogens with one attached hydrogen (secondary N) is 2. The van der Waals surface area contributed by atoms with Gasteiger partial charge in [-0.1, -0.05) is 0 Å². The number of hydrogen-bond acceptors (Lipinski definition) is 3. The van der Waals surface area contributed by atoms with E-state index >= 15 is 0 Å². The molecule has 1 aromatic carbocycles. The number of rotatable bonds is 2. The van der Waals surface area contributed by atoms with Crippen molar-refractivity contribution in [1.82, 2.24) is 10.3 Å². The number of hydrogen-bond donors (Lipinski definition) is 2. The molecule has 124 valence electrons. The molecule has 5 nitrogen and oxygen atoms in total. The van der Waals surface area contributed by atoms with E-state index in [4.69, 9.17) is 4.74 Å². The fourth-order valence-electron chi connectivity index (χ4n) is 3.11. The molecule has 2 N–H and O–H groups in total. The first-order valence-corrected chi connectivity index (χ1v) is 7.34. The molecule has 0 spiro atoms. The summed E-state index contributed by atoms with van der Waals surface area (Å²) in [5.74, 6) is -2.01. The zero-order chi connectivity index (χ0) is 16.8. The lowest BCUT2D eigenvalue weighted by atomic mass is 10.0. The molecule has 1 fully saturated rings. The number of carbonyl (C=O) groups excluding carboxylic acids is 1. The molecule has 0 bridgehead atoms. The molecule has 2 aromatic rings. The second-order valence-electron chi connectivity index (χ2n) is 5.76. The molecule has 2 aliphatic rings. The Balaban J connectivity index is 1.47. The Morgan fingerprint density at radius 3 is 2.71 bits per heavy atom. The summed E-state index contributed by atoms with van der Waals surface area (Å²) in [6, 6.07) is 3.66. The van der Waals surface area contributed by atoms with Crippen molar-refractivity contribution in [1.29, 1.82) is 0 Å². The van der Waals surface area contributed by atoms with Crippen LogP contribution < -0.4 is 15.4 Å². The van der Waals surface area contributed by atoms with Crippen LogP contribution >= 0.6 is 0 Å². The van der Waals surface area contributed by atoms with Gasteiger partial charge in [0.05, 0.1) is 12.8 Å². The zero-order valence-electron chi connectivity index (χ0n) is 12.2. The fraction of sp³-hybridized carbons (Fsp3) is 0.250. The van der Waals surface area contributed by atoms with Crippen molar-refractivity contribution in [2.75, 3.05) is 11.9 Å². The normalized spacial score (nSPS) is 23.5. The minimum atomic E-state index is -0.615. The molecule has 1 unspecified atom stereocenters. The number of benzene rings is 1. The molecule has 24 heavy (non-hydrogen) atoms. The summed E-state index contributed by atoms with van der Waals surface area (Å²) in [5, 5.41) is 5.16. The minimum absolute atomic E-state index is 0.0823. The van der Waals surface area contributed by atoms with Crippen molar-refractivity contribution in [2.45, 2.75) is 12.0 Å². The SMILES string of the molecule is O=C(Nc1ccc(F)cn1)NC1[C@H]2COc3c(F)ccc(F)c3[C@@H]12. The summed E-state index contributed by atoms with van der Waals surface area (Å²) in [4.78, 5) is 15.7. The van der Waals surface area contributed by atoms with Gasteiger partial charge < -0.3 is 10.1 Å². The van der Waals surface area contributed by atoms with Crippen LogP contribution in [0.3, 0.4) is 0 Å². The molecule has 1 aromatic heterocycles. The molecule has 1 aliphatic heterocycles. The van der Waals surface area contributed by atoms with Crippen molar-refractivity contribution in [2.24, 2.45) is 5.92 Å². The van der Waals surface area contributed by atoms with Gasteiger partial charge >= 0.3 is 6.03 Å². The van der Waals surface area contributed by atoms with Gasteiger partial charge in [0.1, 0.15) is 17.5 Å². The molecule has 2 amide bonds. The van der Waals surface area contributed by atoms with Crippen LogP contribution in [0.25, 0.3) is 0 Å². The van der Waals surface area contributed by atoms with E-state index in [1.54, 1.807) is 0 Å². The highest BCUT2D eigenvalue weighted by atomic mass is 19.1. The van der Waals surface area contributed by atoms with Crippen LogP contribution in [0.4, 0.5) is 23.8 Å². The maximum absolute atomic E-state index is 14.0. The van der Waals surface area contributed by atoms with E-state index < -0.39 is 23.5 Å². The average molecular weight is 335 g/mol. The van der Waals surface area contributed by atoms with Gasteiger partial charge in [-0.2, -0.15) is 0 Å². The van der Waals surface area contributed by atoms with Crippen molar-refractivity contribution >= 4 is 11.8 Å². The average Bonchev–Trinajstić information content (AvgIpc) is 3.26. The summed E-state index contributed by atoms with van der Waals surface area (Å²) in [6.45, 7) is 0.206. The van der Waals surface area contributed by atoms with Gasteiger partial charge in [0.25, 0.3) is 0 Å². The first-order chi connectivity index (χ1) is 11.5. The molecule has 8 heteroatoms. The van der Waals surface area contributed by atoms with Gasteiger partial charge in [0, 0.05) is 23.4 Å². The second-order valence-corrected chi connectivity index (χ2v) is 5.76. The first kappa shape index (κ1) is 14.8. The second kappa shape index (κ2) is 5.40. The summed E-state index contributed by atoms with van der Waals surface area (Å²) in [7, 11) is 0. The molecular weight excluding hydrogens is 323 g/mol. The zero-order valence-corrected chi connectivity index (χ0v) is 12.2. The lowest BCUT2D eigenvalue weighted by Crippen LogP contribution is -2.32. The van der Waals surface area contributed by atoms with Crippen molar-refractivity contribution in [3.8, 4) is 5.75 Å². The smallest absolute Gasteiger partial charge is 0.320 e. The van der Waals surface area contributed by atoms with Crippen LogP contribution in [0.1, 0.15) is 11.5 Å². The summed E-state index contributed by atoms with van der Waals surface area (Å²) >= 11 is 0. The molecule has 2 heterocycles. The van der Waals surface area contributed by atoms with E-state index in [2.05, 4.69) is 15.6 Å². The van der Waals surface area contributed by atoms with E-state index in [1.807, 2.05) is 0 Å². The number of pyridine rings is 1. The van der Waals surface area contributed by atoms with Gasteiger partial charge in [0.15, 0.2) is 11.6 Å². The molecule has 1 saturated carbocycles. The summed E-state index contributed by atoms with van der Waals surface area (Å²) in [6.07, 6.45) is 0.981. The van der Waals surface area contributed by atoms with E-state index in [0.29, 0.717) is 0 Å². The largest absolute Gasteiger partial charge is 0.490 e. The van der Waals surface area contributed by atoms with Crippen molar-refractivity contribution in [3.63, 3.8) is 0 Å². The lowest BCUT2D eigenvalue weighted by molar-refractivity contribution is 0.247. The number of nitrogens with zero attached hydrogens (tertiary/aromatic N) is 1. The number of fused-ring (bicyclic) bond motifs is 3. The Morgan fingerprint density at radius 2 is 1.96 bits per heavy atom. The quantitative estimate of drug-likeness (QED) is 0.887. The molecule has 3 atom stereocenters.